The molecule has 5 heteroatoms. The van der Waals surface area contributed by atoms with E-state index in [1.807, 2.05) is 31.2 Å². The molecule has 0 aliphatic carbocycles. The largest absolute Gasteiger partial charge is 0.497 e. The van der Waals surface area contributed by atoms with Gasteiger partial charge in [-0.2, -0.15) is 0 Å². The van der Waals surface area contributed by atoms with Crippen molar-refractivity contribution in [1.29, 1.82) is 0 Å². The van der Waals surface area contributed by atoms with E-state index in [-0.39, 0.29) is 5.91 Å². The number of halogens is 1. The SMILES string of the molecule is COc1ccc(OC)c(C=CC(=O)Nc2ccc(C)cc2Br)c1. The van der Waals surface area contributed by atoms with E-state index < -0.39 is 0 Å². The summed E-state index contributed by atoms with van der Waals surface area (Å²) >= 11 is 3.44. The molecule has 0 aliphatic heterocycles. The van der Waals surface area contributed by atoms with Gasteiger partial charge in [-0.3, -0.25) is 4.79 Å². The molecule has 0 atom stereocenters. The Hall–Kier alpha value is -2.27. The fraction of sp³-hybridized carbons (Fsp3) is 0.167. The van der Waals surface area contributed by atoms with Crippen LogP contribution in [0, 0.1) is 6.92 Å². The van der Waals surface area contributed by atoms with Gasteiger partial charge in [0, 0.05) is 16.1 Å². The minimum absolute atomic E-state index is 0.223. The van der Waals surface area contributed by atoms with Gasteiger partial charge in [-0.15, -0.1) is 0 Å². The lowest BCUT2D eigenvalue weighted by molar-refractivity contribution is -0.111. The summed E-state index contributed by atoms with van der Waals surface area (Å²) in [6.07, 6.45) is 3.16. The zero-order valence-electron chi connectivity index (χ0n) is 13.2. The number of anilines is 1. The van der Waals surface area contributed by atoms with Crippen molar-refractivity contribution in [3.05, 3.63) is 58.1 Å². The van der Waals surface area contributed by atoms with Gasteiger partial charge in [-0.1, -0.05) is 6.07 Å². The molecule has 0 saturated carbocycles. The Balaban J connectivity index is 2.14. The lowest BCUT2D eigenvalue weighted by Crippen LogP contribution is -2.08. The van der Waals surface area contributed by atoms with Gasteiger partial charge < -0.3 is 14.8 Å². The zero-order valence-corrected chi connectivity index (χ0v) is 14.8. The molecule has 4 nitrogen and oxygen atoms in total. The number of benzene rings is 2. The van der Waals surface area contributed by atoms with E-state index in [9.17, 15) is 4.79 Å². The van der Waals surface area contributed by atoms with Crippen molar-refractivity contribution >= 4 is 33.6 Å². The van der Waals surface area contributed by atoms with Crippen LogP contribution in [0.1, 0.15) is 11.1 Å². The van der Waals surface area contributed by atoms with E-state index in [0.29, 0.717) is 11.5 Å². The molecule has 2 aromatic rings. The summed E-state index contributed by atoms with van der Waals surface area (Å²) in [6, 6.07) is 11.2. The molecule has 1 N–H and O–H groups in total. The summed E-state index contributed by atoms with van der Waals surface area (Å²) in [7, 11) is 3.18. The van der Waals surface area contributed by atoms with Crippen molar-refractivity contribution in [3.63, 3.8) is 0 Å². The van der Waals surface area contributed by atoms with Crippen LogP contribution in [-0.2, 0) is 4.79 Å². The van der Waals surface area contributed by atoms with Gasteiger partial charge >= 0.3 is 0 Å². The molecular weight excluding hydrogens is 358 g/mol. The first kappa shape index (κ1) is 17.1. The molecule has 0 heterocycles. The van der Waals surface area contributed by atoms with E-state index in [2.05, 4.69) is 21.2 Å². The van der Waals surface area contributed by atoms with Crippen molar-refractivity contribution in [2.75, 3.05) is 19.5 Å². The van der Waals surface area contributed by atoms with Crippen LogP contribution in [0.4, 0.5) is 5.69 Å². The molecule has 1 amide bonds. The lowest BCUT2D eigenvalue weighted by Gasteiger charge is -2.08. The Morgan fingerprint density at radius 1 is 1.13 bits per heavy atom. The molecule has 2 rings (SSSR count). The van der Waals surface area contributed by atoms with Crippen molar-refractivity contribution in [1.82, 2.24) is 0 Å². The molecule has 0 aromatic heterocycles. The van der Waals surface area contributed by atoms with Crippen LogP contribution in [0.25, 0.3) is 6.08 Å². The van der Waals surface area contributed by atoms with Gasteiger partial charge in [0.15, 0.2) is 0 Å². The molecule has 120 valence electrons. The maximum absolute atomic E-state index is 12.1. The molecule has 0 saturated heterocycles. The number of nitrogens with one attached hydrogen (secondary N) is 1. The Morgan fingerprint density at radius 3 is 2.57 bits per heavy atom. The van der Waals surface area contributed by atoms with Crippen molar-refractivity contribution < 1.29 is 14.3 Å². The summed E-state index contributed by atoms with van der Waals surface area (Å²) in [6.45, 7) is 1.99. The Labute approximate surface area is 144 Å². The standard InChI is InChI=1S/C18H18BrNO3/c1-12-4-7-16(15(19)10-12)20-18(21)9-5-13-11-14(22-2)6-8-17(13)23-3/h4-11H,1-3H3,(H,20,21). The third-order valence-electron chi connectivity index (χ3n) is 3.23. The van der Waals surface area contributed by atoms with Gasteiger partial charge in [0.2, 0.25) is 5.91 Å². The fourth-order valence-electron chi connectivity index (χ4n) is 2.03. The van der Waals surface area contributed by atoms with Gasteiger partial charge in [0.1, 0.15) is 11.5 Å². The minimum Gasteiger partial charge on any atom is -0.497 e. The predicted molar refractivity (Wildman–Crippen MR) is 96.1 cm³/mol. The monoisotopic (exact) mass is 375 g/mol. The molecule has 0 radical (unpaired) electrons. The Bertz CT molecular complexity index is 741. The van der Waals surface area contributed by atoms with Crippen LogP contribution in [-0.4, -0.2) is 20.1 Å². The topological polar surface area (TPSA) is 47.6 Å². The Morgan fingerprint density at radius 2 is 1.91 bits per heavy atom. The Kier molecular flexibility index (Phi) is 5.82. The minimum atomic E-state index is -0.223. The third kappa shape index (κ3) is 4.60. The van der Waals surface area contributed by atoms with Gasteiger partial charge in [0.05, 0.1) is 19.9 Å². The number of methoxy groups -OCH3 is 2. The second-order valence-electron chi connectivity index (χ2n) is 4.91. The van der Waals surface area contributed by atoms with E-state index in [1.54, 1.807) is 32.4 Å². The first-order chi connectivity index (χ1) is 11.0. The lowest BCUT2D eigenvalue weighted by atomic mass is 10.1. The van der Waals surface area contributed by atoms with Crippen LogP contribution in [0.5, 0.6) is 11.5 Å². The second kappa shape index (κ2) is 7.83. The van der Waals surface area contributed by atoms with Gasteiger partial charge in [-0.25, -0.2) is 0 Å². The number of hydrogen-bond acceptors (Lipinski definition) is 3. The first-order valence-corrected chi connectivity index (χ1v) is 7.80. The van der Waals surface area contributed by atoms with Gasteiger partial charge in [0.25, 0.3) is 0 Å². The molecule has 0 aliphatic rings. The highest BCUT2D eigenvalue weighted by Crippen LogP contribution is 2.26. The summed E-state index contributed by atoms with van der Waals surface area (Å²) in [5, 5.41) is 2.83. The van der Waals surface area contributed by atoms with Crippen LogP contribution in [0.3, 0.4) is 0 Å². The van der Waals surface area contributed by atoms with E-state index in [1.165, 1.54) is 6.08 Å². The second-order valence-corrected chi connectivity index (χ2v) is 5.77. The highest BCUT2D eigenvalue weighted by molar-refractivity contribution is 9.10. The van der Waals surface area contributed by atoms with Crippen molar-refractivity contribution in [3.8, 4) is 11.5 Å². The number of carbonyl (C=O) groups excluding carboxylic acids is 1. The average molecular weight is 376 g/mol. The fourth-order valence-corrected chi connectivity index (χ4v) is 2.62. The molecule has 0 spiro atoms. The summed E-state index contributed by atoms with van der Waals surface area (Å²) in [5.74, 6) is 1.15. The first-order valence-electron chi connectivity index (χ1n) is 7.00. The highest BCUT2D eigenvalue weighted by Gasteiger charge is 2.05. The smallest absolute Gasteiger partial charge is 0.248 e. The number of carbonyl (C=O) groups is 1. The van der Waals surface area contributed by atoms with E-state index in [4.69, 9.17) is 9.47 Å². The summed E-state index contributed by atoms with van der Waals surface area (Å²) in [4.78, 5) is 12.1. The number of aryl methyl sites for hydroxylation is 1. The predicted octanol–water partition coefficient (Wildman–Crippen LogP) is 4.43. The number of hydrogen-bond donors (Lipinski definition) is 1. The van der Waals surface area contributed by atoms with E-state index >= 15 is 0 Å². The molecule has 0 unspecified atom stereocenters. The summed E-state index contributed by atoms with van der Waals surface area (Å²) < 4.78 is 11.3. The average Bonchev–Trinajstić information content (AvgIpc) is 2.55. The molecule has 0 bridgehead atoms. The maximum Gasteiger partial charge on any atom is 0.248 e. The van der Waals surface area contributed by atoms with Crippen LogP contribution in [0.2, 0.25) is 0 Å². The number of ether oxygens (including phenoxy) is 2. The van der Waals surface area contributed by atoms with Gasteiger partial charge in [-0.05, 0) is 64.8 Å². The summed E-state index contributed by atoms with van der Waals surface area (Å²) in [5.41, 5.74) is 2.61. The maximum atomic E-state index is 12.1. The van der Waals surface area contributed by atoms with Crippen LogP contribution >= 0.6 is 15.9 Å². The van der Waals surface area contributed by atoms with Crippen molar-refractivity contribution in [2.45, 2.75) is 6.92 Å². The third-order valence-corrected chi connectivity index (χ3v) is 3.89. The molecular formula is C18H18BrNO3. The molecule has 2 aromatic carbocycles. The van der Waals surface area contributed by atoms with Crippen LogP contribution < -0.4 is 14.8 Å². The number of amides is 1. The zero-order chi connectivity index (χ0) is 16.8. The normalized spacial score (nSPS) is 10.6. The quantitative estimate of drug-likeness (QED) is 0.786. The van der Waals surface area contributed by atoms with Crippen molar-refractivity contribution in [2.24, 2.45) is 0 Å². The molecule has 23 heavy (non-hydrogen) atoms. The number of rotatable bonds is 5. The van der Waals surface area contributed by atoms with E-state index in [0.717, 1.165) is 21.3 Å². The van der Waals surface area contributed by atoms with Crippen LogP contribution in [0.15, 0.2) is 46.9 Å². The highest BCUT2D eigenvalue weighted by atomic mass is 79.9. The molecule has 0 fully saturated rings.